The second-order valence-electron chi connectivity index (χ2n) is 9.98. The van der Waals surface area contributed by atoms with Gasteiger partial charge in [0, 0.05) is 60.1 Å². The topological polar surface area (TPSA) is 70.1 Å². The number of nitrogens with one attached hydrogen (secondary N) is 1. The molecule has 0 unspecified atom stereocenters. The molecular weight excluding hydrogens is 448 g/mol. The highest BCUT2D eigenvalue weighted by Gasteiger charge is 2.20. The SMILES string of the molecule is CN1CCC(n2cc3c(-c4cnc5[nH]cc(-c6ccc(C(=O)N(C)C)cc6)c5c4)cccc3n2)CC1. The first-order valence-electron chi connectivity index (χ1n) is 12.4. The first kappa shape index (κ1) is 22.5. The maximum Gasteiger partial charge on any atom is 0.253 e. The predicted octanol–water partition coefficient (Wildman–Crippen LogP) is 5.22. The van der Waals surface area contributed by atoms with Gasteiger partial charge in [0.1, 0.15) is 5.65 Å². The van der Waals surface area contributed by atoms with Gasteiger partial charge in [0.05, 0.1) is 11.6 Å². The molecule has 6 rings (SSSR count). The summed E-state index contributed by atoms with van der Waals surface area (Å²) in [5, 5.41) is 7.15. The molecule has 1 fully saturated rings. The van der Waals surface area contributed by atoms with E-state index in [2.05, 4.69) is 52.1 Å². The Balaban J connectivity index is 1.38. The number of amides is 1. The van der Waals surface area contributed by atoms with Gasteiger partial charge in [0.25, 0.3) is 5.91 Å². The maximum atomic E-state index is 12.3. The average molecular weight is 479 g/mol. The molecule has 5 aromatic rings. The van der Waals surface area contributed by atoms with Crippen LogP contribution in [0.4, 0.5) is 0 Å². The summed E-state index contributed by atoms with van der Waals surface area (Å²) < 4.78 is 2.17. The van der Waals surface area contributed by atoms with Crippen LogP contribution in [0.3, 0.4) is 0 Å². The molecule has 2 aromatic carbocycles. The fourth-order valence-corrected chi connectivity index (χ4v) is 5.20. The number of aromatic amines is 1. The first-order valence-corrected chi connectivity index (χ1v) is 12.4. The van der Waals surface area contributed by atoms with Crippen LogP contribution in [0, 0.1) is 0 Å². The minimum Gasteiger partial charge on any atom is -0.346 e. The van der Waals surface area contributed by atoms with Crippen molar-refractivity contribution in [1.29, 1.82) is 0 Å². The first-order chi connectivity index (χ1) is 17.5. The van der Waals surface area contributed by atoms with E-state index in [-0.39, 0.29) is 5.91 Å². The van der Waals surface area contributed by atoms with E-state index in [1.165, 1.54) is 0 Å². The summed E-state index contributed by atoms with van der Waals surface area (Å²) >= 11 is 0. The van der Waals surface area contributed by atoms with Crippen molar-refractivity contribution in [1.82, 2.24) is 29.5 Å². The fourth-order valence-electron chi connectivity index (χ4n) is 5.20. The molecule has 36 heavy (non-hydrogen) atoms. The molecule has 0 aliphatic carbocycles. The maximum absolute atomic E-state index is 12.3. The van der Waals surface area contributed by atoms with Crippen LogP contribution in [-0.2, 0) is 0 Å². The highest BCUT2D eigenvalue weighted by Crippen LogP contribution is 2.34. The molecule has 182 valence electrons. The minimum absolute atomic E-state index is 0.00156. The Morgan fingerprint density at radius 3 is 2.53 bits per heavy atom. The fraction of sp³-hybridized carbons (Fsp3) is 0.276. The van der Waals surface area contributed by atoms with Crippen molar-refractivity contribution in [3.63, 3.8) is 0 Å². The van der Waals surface area contributed by atoms with E-state index in [0.717, 1.165) is 70.1 Å². The Morgan fingerprint density at radius 1 is 1.00 bits per heavy atom. The predicted molar refractivity (Wildman–Crippen MR) is 144 cm³/mol. The third-order valence-corrected chi connectivity index (χ3v) is 7.32. The van der Waals surface area contributed by atoms with E-state index in [0.29, 0.717) is 11.6 Å². The second-order valence-corrected chi connectivity index (χ2v) is 9.98. The number of H-pyrrole nitrogens is 1. The number of piperidine rings is 1. The zero-order chi connectivity index (χ0) is 24.8. The van der Waals surface area contributed by atoms with E-state index in [1.54, 1.807) is 19.0 Å². The van der Waals surface area contributed by atoms with Gasteiger partial charge in [-0.15, -0.1) is 0 Å². The normalized spacial score (nSPS) is 15.1. The Hall–Kier alpha value is -3.97. The van der Waals surface area contributed by atoms with Gasteiger partial charge in [0.15, 0.2) is 0 Å². The molecule has 0 radical (unpaired) electrons. The largest absolute Gasteiger partial charge is 0.346 e. The lowest BCUT2D eigenvalue weighted by atomic mass is 9.99. The van der Waals surface area contributed by atoms with Crippen molar-refractivity contribution >= 4 is 27.8 Å². The quantitative estimate of drug-likeness (QED) is 0.385. The number of aromatic nitrogens is 4. The number of benzene rings is 2. The highest BCUT2D eigenvalue weighted by atomic mass is 16.2. The molecule has 0 atom stereocenters. The van der Waals surface area contributed by atoms with E-state index < -0.39 is 0 Å². The third-order valence-electron chi connectivity index (χ3n) is 7.32. The summed E-state index contributed by atoms with van der Waals surface area (Å²) in [5.74, 6) is -0.00156. The number of pyridine rings is 1. The van der Waals surface area contributed by atoms with Crippen LogP contribution in [0.15, 0.2) is 67.1 Å². The van der Waals surface area contributed by atoms with Crippen LogP contribution in [-0.4, -0.2) is 69.7 Å². The van der Waals surface area contributed by atoms with Crippen molar-refractivity contribution in [2.75, 3.05) is 34.2 Å². The summed E-state index contributed by atoms with van der Waals surface area (Å²) in [5.41, 5.74) is 6.85. The summed E-state index contributed by atoms with van der Waals surface area (Å²) in [6.07, 6.45) is 8.38. The molecule has 1 saturated heterocycles. The van der Waals surface area contributed by atoms with Crippen LogP contribution in [0.5, 0.6) is 0 Å². The summed E-state index contributed by atoms with van der Waals surface area (Å²) in [6, 6.07) is 16.7. The summed E-state index contributed by atoms with van der Waals surface area (Å²) in [4.78, 5) is 24.3. The van der Waals surface area contributed by atoms with Crippen molar-refractivity contribution in [3.05, 3.63) is 72.7 Å². The van der Waals surface area contributed by atoms with Crippen molar-refractivity contribution in [2.45, 2.75) is 18.9 Å². The Morgan fingerprint density at radius 2 is 1.78 bits per heavy atom. The summed E-state index contributed by atoms with van der Waals surface area (Å²) in [7, 11) is 5.71. The van der Waals surface area contributed by atoms with Crippen LogP contribution < -0.4 is 0 Å². The Kier molecular flexibility index (Phi) is 5.57. The van der Waals surface area contributed by atoms with Gasteiger partial charge in [0.2, 0.25) is 0 Å². The van der Waals surface area contributed by atoms with Gasteiger partial charge in [-0.2, -0.15) is 5.10 Å². The number of carbonyl (C=O) groups is 1. The smallest absolute Gasteiger partial charge is 0.253 e. The van der Waals surface area contributed by atoms with Gasteiger partial charge in [-0.05, 0) is 68.4 Å². The van der Waals surface area contributed by atoms with Gasteiger partial charge in [-0.1, -0.05) is 24.3 Å². The highest BCUT2D eigenvalue weighted by molar-refractivity contribution is 6.00. The number of hydrogen-bond donors (Lipinski definition) is 1. The molecular formula is C29H30N6O. The van der Waals surface area contributed by atoms with Crippen LogP contribution in [0.25, 0.3) is 44.2 Å². The lowest BCUT2D eigenvalue weighted by Gasteiger charge is -2.28. The van der Waals surface area contributed by atoms with Gasteiger partial charge in [-0.25, -0.2) is 4.98 Å². The van der Waals surface area contributed by atoms with Gasteiger partial charge < -0.3 is 14.8 Å². The number of likely N-dealkylation sites (tertiary alicyclic amines) is 1. The standard InChI is InChI=1S/C29H30N6O/c1-33(2)29(36)20-9-7-19(8-10-20)25-17-31-28-24(25)15-21(16-30-28)23-5-4-6-27-26(23)18-35(32-27)22-11-13-34(3)14-12-22/h4-10,15-18,22H,11-14H2,1-3H3,(H,30,31). The molecule has 7 heteroatoms. The molecule has 1 aliphatic rings. The number of nitrogens with zero attached hydrogens (tertiary/aromatic N) is 5. The van der Waals surface area contributed by atoms with Crippen LogP contribution >= 0.6 is 0 Å². The molecule has 1 N–H and O–H groups in total. The zero-order valence-electron chi connectivity index (χ0n) is 20.9. The monoisotopic (exact) mass is 478 g/mol. The Labute approximate surface area is 210 Å². The number of fused-ring (bicyclic) bond motifs is 2. The molecule has 4 heterocycles. The Bertz CT molecular complexity index is 1550. The molecule has 1 aliphatic heterocycles. The lowest BCUT2D eigenvalue weighted by molar-refractivity contribution is 0.0827. The van der Waals surface area contributed by atoms with E-state index >= 15 is 0 Å². The van der Waals surface area contributed by atoms with Gasteiger partial charge in [-0.3, -0.25) is 9.48 Å². The van der Waals surface area contributed by atoms with Crippen molar-refractivity contribution in [2.24, 2.45) is 0 Å². The zero-order valence-corrected chi connectivity index (χ0v) is 20.9. The molecule has 0 bridgehead atoms. The van der Waals surface area contributed by atoms with E-state index in [4.69, 9.17) is 10.1 Å². The third kappa shape index (κ3) is 3.95. The summed E-state index contributed by atoms with van der Waals surface area (Å²) in [6.45, 7) is 2.21. The van der Waals surface area contributed by atoms with Crippen LogP contribution in [0.2, 0.25) is 0 Å². The lowest BCUT2D eigenvalue weighted by Crippen LogP contribution is -2.31. The number of carbonyl (C=O) groups excluding carboxylic acids is 1. The molecule has 1 amide bonds. The molecule has 3 aromatic heterocycles. The van der Waals surface area contributed by atoms with Gasteiger partial charge >= 0.3 is 0 Å². The van der Waals surface area contributed by atoms with E-state index in [1.807, 2.05) is 36.7 Å². The number of hydrogen-bond acceptors (Lipinski definition) is 4. The second kappa shape index (κ2) is 8.91. The minimum atomic E-state index is -0.00156. The van der Waals surface area contributed by atoms with Crippen molar-refractivity contribution < 1.29 is 4.79 Å². The molecule has 7 nitrogen and oxygen atoms in total. The van der Waals surface area contributed by atoms with Crippen LogP contribution in [0.1, 0.15) is 29.2 Å². The molecule has 0 spiro atoms. The number of rotatable bonds is 4. The van der Waals surface area contributed by atoms with Crippen molar-refractivity contribution in [3.8, 4) is 22.3 Å². The molecule has 0 saturated carbocycles. The van der Waals surface area contributed by atoms with E-state index in [9.17, 15) is 4.79 Å². The average Bonchev–Trinajstić information content (AvgIpc) is 3.53.